The number of fused-ring (bicyclic) bond motifs is 2. The summed E-state index contributed by atoms with van der Waals surface area (Å²) < 4.78 is 18.2. The molecule has 1 N–H and O–H groups in total. The number of likely N-dealkylation sites (tertiary alicyclic amines) is 1. The molecule has 0 saturated carbocycles. The van der Waals surface area contributed by atoms with E-state index in [1.165, 1.54) is 0 Å². The molecule has 1 spiro atoms. The highest BCUT2D eigenvalue weighted by Crippen LogP contribution is 2.59. The highest BCUT2D eigenvalue weighted by molar-refractivity contribution is 6.04. The van der Waals surface area contributed by atoms with Gasteiger partial charge in [0.25, 0.3) is 0 Å². The third kappa shape index (κ3) is 5.27. The predicted octanol–water partition coefficient (Wildman–Crippen LogP) is 1.85. The average Bonchev–Trinajstić information content (AvgIpc) is 3.35. The van der Waals surface area contributed by atoms with Crippen molar-refractivity contribution in [2.75, 3.05) is 70.6 Å². The maximum atomic E-state index is 14.7. The van der Waals surface area contributed by atoms with Crippen molar-refractivity contribution in [3.8, 4) is 5.75 Å². The van der Waals surface area contributed by atoms with Gasteiger partial charge in [-0.05, 0) is 44.0 Å². The Balaban J connectivity index is 1.39. The van der Waals surface area contributed by atoms with E-state index in [1.807, 2.05) is 69.3 Å². The lowest BCUT2D eigenvalue weighted by Gasteiger charge is -2.41. The number of rotatable bonds is 10. The smallest absolute Gasteiger partial charge is 0.249 e. The van der Waals surface area contributed by atoms with Crippen LogP contribution in [0.4, 0.5) is 5.69 Å². The number of anilines is 1. The lowest BCUT2D eigenvalue weighted by molar-refractivity contribution is -0.155. The van der Waals surface area contributed by atoms with Gasteiger partial charge in [-0.25, -0.2) is 0 Å². The van der Waals surface area contributed by atoms with Crippen LogP contribution in [0.5, 0.6) is 5.75 Å². The number of carbonyl (C=O) groups is 3. The van der Waals surface area contributed by atoms with Gasteiger partial charge in [-0.1, -0.05) is 38.2 Å². The Kier molecular flexibility index (Phi) is 9.07. The predicted molar refractivity (Wildman–Crippen MR) is 168 cm³/mol. The number of aliphatic hydroxyl groups excluding tert-OH is 1. The first kappa shape index (κ1) is 31.7. The number of hydrogen-bond donors (Lipinski definition) is 1. The summed E-state index contributed by atoms with van der Waals surface area (Å²) in [6.45, 7) is 10.9. The molecule has 0 aromatic heterocycles. The normalized spacial score (nSPS) is 32.3. The minimum absolute atomic E-state index is 0.210. The molecule has 6 atom stereocenters. The Hall–Kier alpha value is -3.25. The van der Waals surface area contributed by atoms with Gasteiger partial charge in [0, 0.05) is 45.0 Å². The maximum absolute atomic E-state index is 14.7. The van der Waals surface area contributed by atoms with Crippen molar-refractivity contribution in [1.29, 1.82) is 0 Å². The number of hydrogen-bond acceptors (Lipinski definition) is 8. The molecule has 45 heavy (non-hydrogen) atoms. The molecular formula is C34H46N4O7. The van der Waals surface area contributed by atoms with E-state index >= 15 is 0 Å². The van der Waals surface area contributed by atoms with Gasteiger partial charge in [0.2, 0.25) is 17.7 Å². The molecule has 3 amide bonds. The second-order valence-corrected chi connectivity index (χ2v) is 12.5. The number of morpholine rings is 1. The van der Waals surface area contributed by atoms with Gasteiger partial charge in [-0.15, -0.1) is 0 Å². The molecule has 1 aromatic carbocycles. The van der Waals surface area contributed by atoms with E-state index in [-0.39, 0.29) is 24.3 Å². The van der Waals surface area contributed by atoms with Crippen LogP contribution in [0.25, 0.3) is 0 Å². The summed E-state index contributed by atoms with van der Waals surface area (Å²) in [6.07, 6.45) is 8.59. The first-order chi connectivity index (χ1) is 21.8. The summed E-state index contributed by atoms with van der Waals surface area (Å²) in [5, 5.41) is 10.4. The molecule has 0 aliphatic carbocycles. The minimum atomic E-state index is -1.35. The van der Waals surface area contributed by atoms with E-state index in [4.69, 9.17) is 14.2 Å². The van der Waals surface area contributed by atoms with Gasteiger partial charge in [-0.2, -0.15) is 0 Å². The van der Waals surface area contributed by atoms with Crippen molar-refractivity contribution in [3.05, 3.63) is 48.6 Å². The first-order valence-electron chi connectivity index (χ1n) is 16.5. The summed E-state index contributed by atoms with van der Waals surface area (Å²) in [5.74, 6) is -1.81. The van der Waals surface area contributed by atoms with Crippen molar-refractivity contribution < 1.29 is 33.7 Å². The molecule has 0 radical (unpaired) electrons. The summed E-state index contributed by atoms with van der Waals surface area (Å²) in [7, 11) is 0. The van der Waals surface area contributed by atoms with Crippen molar-refractivity contribution >= 4 is 23.4 Å². The van der Waals surface area contributed by atoms with Crippen molar-refractivity contribution in [2.24, 2.45) is 11.8 Å². The molecule has 3 fully saturated rings. The van der Waals surface area contributed by atoms with Crippen LogP contribution in [0.15, 0.2) is 48.6 Å². The molecule has 0 bridgehead atoms. The largest absolute Gasteiger partial charge is 0.494 e. The van der Waals surface area contributed by atoms with E-state index in [0.717, 1.165) is 13.1 Å². The average molecular weight is 623 g/mol. The standard InChI is InChI=1S/C34H46N4O7/c1-4-24(23-39)38-29-32(42)36(18-17-35-19-21-43-22-20-35)15-8-14-34(29)28(31(38)41)27-30(40)37(16-7-13-33(27,5-2)45-34)25-9-11-26(12-10-25)44-6-3/h7-14,24,27-29,39H,4-6,15-23H2,1-3H3/t24-,27+,28-,29?,33-,34-/m0/s1. The molecule has 5 aliphatic rings. The highest BCUT2D eigenvalue weighted by atomic mass is 16.5. The number of nitrogens with zero attached hydrogens (tertiary/aromatic N) is 4. The maximum Gasteiger partial charge on any atom is 0.249 e. The Labute approximate surface area is 265 Å². The van der Waals surface area contributed by atoms with E-state index < -0.39 is 35.1 Å². The first-order valence-corrected chi connectivity index (χ1v) is 16.5. The topological polar surface area (TPSA) is 112 Å². The van der Waals surface area contributed by atoms with Gasteiger partial charge in [-0.3, -0.25) is 19.3 Å². The van der Waals surface area contributed by atoms with Crippen LogP contribution in [0.2, 0.25) is 0 Å². The van der Waals surface area contributed by atoms with Crippen molar-refractivity contribution in [3.63, 3.8) is 0 Å². The number of ether oxygens (including phenoxy) is 3. The fourth-order valence-corrected chi connectivity index (χ4v) is 7.96. The summed E-state index contributed by atoms with van der Waals surface area (Å²) in [5.41, 5.74) is -1.73. The molecule has 11 nitrogen and oxygen atoms in total. The van der Waals surface area contributed by atoms with Gasteiger partial charge >= 0.3 is 0 Å². The molecule has 3 saturated heterocycles. The Bertz CT molecular complexity index is 1320. The monoisotopic (exact) mass is 622 g/mol. The lowest BCUT2D eigenvalue weighted by Crippen LogP contribution is -2.59. The molecule has 1 unspecified atom stereocenters. The second-order valence-electron chi connectivity index (χ2n) is 12.5. The molecule has 244 valence electrons. The highest BCUT2D eigenvalue weighted by Gasteiger charge is 2.75. The van der Waals surface area contributed by atoms with Crippen LogP contribution in [0, 0.1) is 11.8 Å². The number of carbonyl (C=O) groups excluding carboxylic acids is 3. The van der Waals surface area contributed by atoms with E-state index in [0.29, 0.717) is 70.3 Å². The van der Waals surface area contributed by atoms with Crippen molar-refractivity contribution in [2.45, 2.75) is 56.9 Å². The number of benzene rings is 1. The van der Waals surface area contributed by atoms with Crippen LogP contribution in [0.1, 0.15) is 33.6 Å². The van der Waals surface area contributed by atoms with E-state index in [9.17, 15) is 19.5 Å². The minimum Gasteiger partial charge on any atom is -0.494 e. The van der Waals surface area contributed by atoms with Crippen molar-refractivity contribution in [1.82, 2.24) is 14.7 Å². The quantitative estimate of drug-likeness (QED) is 0.394. The van der Waals surface area contributed by atoms with E-state index in [1.54, 1.807) is 14.7 Å². The SMILES string of the molecule is CCOc1ccc(N2CC=C[C@]3(CC)O[C@]45C=CCN(CCN6CCOCC6)C(=O)C4N([C@@H](CC)CO)C(=O)[C@@H]5[C@@H]3C2=O)cc1. The Morgan fingerprint density at radius 2 is 1.67 bits per heavy atom. The molecule has 6 rings (SSSR count). The zero-order valence-corrected chi connectivity index (χ0v) is 26.6. The fraction of sp³-hybridized carbons (Fsp3) is 0.618. The third-order valence-corrected chi connectivity index (χ3v) is 10.3. The third-order valence-electron chi connectivity index (χ3n) is 10.3. The summed E-state index contributed by atoms with van der Waals surface area (Å²) in [4.78, 5) is 51.3. The van der Waals surface area contributed by atoms with Crippen LogP contribution < -0.4 is 9.64 Å². The molecule has 5 heterocycles. The summed E-state index contributed by atoms with van der Waals surface area (Å²) >= 11 is 0. The molecule has 11 heteroatoms. The van der Waals surface area contributed by atoms with Crippen LogP contribution in [-0.4, -0.2) is 127 Å². The molecular weight excluding hydrogens is 576 g/mol. The Morgan fingerprint density at radius 1 is 0.933 bits per heavy atom. The van der Waals surface area contributed by atoms with E-state index in [2.05, 4.69) is 4.90 Å². The van der Waals surface area contributed by atoms with Gasteiger partial charge < -0.3 is 34.0 Å². The van der Waals surface area contributed by atoms with Crippen LogP contribution >= 0.6 is 0 Å². The lowest BCUT2D eigenvalue weighted by atomic mass is 9.73. The second kappa shape index (κ2) is 12.9. The number of amides is 3. The molecule has 5 aliphatic heterocycles. The van der Waals surface area contributed by atoms with Crippen LogP contribution in [0.3, 0.4) is 0 Å². The van der Waals surface area contributed by atoms with Gasteiger partial charge in [0.05, 0.1) is 49.9 Å². The van der Waals surface area contributed by atoms with Gasteiger partial charge in [0.1, 0.15) is 17.4 Å². The van der Waals surface area contributed by atoms with Crippen LogP contribution in [-0.2, 0) is 23.9 Å². The zero-order valence-electron chi connectivity index (χ0n) is 26.6. The molecule has 1 aromatic rings. The number of aliphatic hydroxyl groups is 1. The zero-order chi connectivity index (χ0) is 31.8. The Morgan fingerprint density at radius 3 is 2.33 bits per heavy atom. The summed E-state index contributed by atoms with van der Waals surface area (Å²) in [6, 6.07) is 5.81. The van der Waals surface area contributed by atoms with Gasteiger partial charge in [0.15, 0.2) is 0 Å². The fourth-order valence-electron chi connectivity index (χ4n) is 7.96.